The Hall–Kier alpha value is -0.810. The van der Waals surface area contributed by atoms with Gasteiger partial charge in [0.1, 0.15) is 0 Å². The van der Waals surface area contributed by atoms with E-state index in [4.69, 9.17) is 21.4 Å². The van der Waals surface area contributed by atoms with Crippen molar-refractivity contribution in [3.05, 3.63) is 29.3 Å². The van der Waals surface area contributed by atoms with Gasteiger partial charge in [-0.25, -0.2) is 0 Å². The van der Waals surface area contributed by atoms with Gasteiger partial charge in [-0.15, -0.1) is 0 Å². The summed E-state index contributed by atoms with van der Waals surface area (Å²) in [4.78, 5) is 4.71. The minimum atomic E-state index is 0.0975. The Kier molecular flexibility index (Phi) is 5.92. The van der Waals surface area contributed by atoms with Gasteiger partial charge in [-0.1, -0.05) is 23.7 Å². The first-order valence-corrected chi connectivity index (χ1v) is 7.09. The monoisotopic (exact) mass is 284 g/mol. The van der Waals surface area contributed by atoms with Crippen LogP contribution in [0.25, 0.3) is 0 Å². The molecule has 1 aromatic carbocycles. The summed E-state index contributed by atoms with van der Waals surface area (Å²) in [7, 11) is 0. The van der Waals surface area contributed by atoms with Gasteiger partial charge in [0.15, 0.2) is 0 Å². The van der Waals surface area contributed by atoms with Gasteiger partial charge in [-0.05, 0) is 12.1 Å². The molecule has 1 fully saturated rings. The highest BCUT2D eigenvalue weighted by Crippen LogP contribution is 2.25. The normalized spacial score (nSPS) is 16.8. The van der Waals surface area contributed by atoms with Crippen LogP contribution in [-0.2, 0) is 4.74 Å². The smallest absolute Gasteiger partial charge is 0.0698 e. The predicted molar refractivity (Wildman–Crippen MR) is 78.0 cm³/mol. The summed E-state index contributed by atoms with van der Waals surface area (Å²) in [5, 5.41) is 9.45. The molecule has 4 nitrogen and oxygen atoms in total. The quantitative estimate of drug-likeness (QED) is 0.803. The van der Waals surface area contributed by atoms with Gasteiger partial charge in [0.25, 0.3) is 0 Å². The number of rotatable bonds is 6. The molecule has 106 valence electrons. The maximum atomic E-state index is 8.63. The largest absolute Gasteiger partial charge is 0.394 e. The van der Waals surface area contributed by atoms with E-state index >= 15 is 0 Å². The maximum absolute atomic E-state index is 8.63. The summed E-state index contributed by atoms with van der Waals surface area (Å²) in [6, 6.07) is 7.99. The molecule has 5 heteroatoms. The van der Waals surface area contributed by atoms with E-state index in [1.54, 1.807) is 0 Å². The number of halogens is 1. The summed E-state index contributed by atoms with van der Waals surface area (Å²) in [6.07, 6.45) is 0. The van der Waals surface area contributed by atoms with Crippen molar-refractivity contribution < 1.29 is 9.84 Å². The first kappa shape index (κ1) is 14.6. The fraction of sp³-hybridized carbons (Fsp3) is 0.571. The summed E-state index contributed by atoms with van der Waals surface area (Å²) >= 11 is 6.21. The summed E-state index contributed by atoms with van der Waals surface area (Å²) in [5.74, 6) is 0. The molecule has 19 heavy (non-hydrogen) atoms. The van der Waals surface area contributed by atoms with Crippen molar-refractivity contribution in [2.45, 2.75) is 0 Å². The zero-order valence-corrected chi connectivity index (χ0v) is 11.9. The van der Waals surface area contributed by atoms with E-state index in [0.717, 1.165) is 43.4 Å². The first-order valence-electron chi connectivity index (χ1n) is 6.71. The van der Waals surface area contributed by atoms with E-state index in [9.17, 15) is 0 Å². The molecule has 1 aromatic rings. The van der Waals surface area contributed by atoms with E-state index < -0.39 is 0 Å². The van der Waals surface area contributed by atoms with E-state index in [1.807, 2.05) is 18.2 Å². The van der Waals surface area contributed by atoms with Crippen molar-refractivity contribution in [1.29, 1.82) is 0 Å². The Balaban J connectivity index is 1.75. The molecule has 0 unspecified atom stereocenters. The summed E-state index contributed by atoms with van der Waals surface area (Å²) < 4.78 is 5.29. The first-order chi connectivity index (χ1) is 9.31. The van der Waals surface area contributed by atoms with Gasteiger partial charge in [0.05, 0.1) is 30.5 Å². The number of para-hydroxylation sites is 1. The molecule has 0 bridgehead atoms. The molecule has 0 aromatic heterocycles. The molecular formula is C14H21ClN2O2. The van der Waals surface area contributed by atoms with Crippen LogP contribution >= 0.6 is 11.6 Å². The van der Waals surface area contributed by atoms with Crippen molar-refractivity contribution in [1.82, 2.24) is 4.90 Å². The highest BCUT2D eigenvalue weighted by Gasteiger charge is 2.18. The van der Waals surface area contributed by atoms with Crippen molar-refractivity contribution in [2.75, 3.05) is 57.4 Å². The Labute approximate surface area is 119 Å². The highest BCUT2D eigenvalue weighted by molar-refractivity contribution is 6.33. The van der Waals surface area contributed by atoms with Crippen LogP contribution in [-0.4, -0.2) is 62.6 Å². The van der Waals surface area contributed by atoms with Gasteiger partial charge >= 0.3 is 0 Å². The Morgan fingerprint density at radius 1 is 1.11 bits per heavy atom. The number of aliphatic hydroxyl groups excluding tert-OH is 1. The molecular weight excluding hydrogens is 264 g/mol. The lowest BCUT2D eigenvalue weighted by Crippen LogP contribution is -2.47. The van der Waals surface area contributed by atoms with Crippen molar-refractivity contribution in [3.8, 4) is 0 Å². The topological polar surface area (TPSA) is 35.9 Å². The van der Waals surface area contributed by atoms with Crippen LogP contribution in [0.15, 0.2) is 24.3 Å². The third-order valence-electron chi connectivity index (χ3n) is 3.35. The fourth-order valence-corrected chi connectivity index (χ4v) is 2.54. The molecule has 1 aliphatic heterocycles. The van der Waals surface area contributed by atoms with Gasteiger partial charge in [-0.3, -0.25) is 4.90 Å². The highest BCUT2D eigenvalue weighted by atomic mass is 35.5. The molecule has 1 heterocycles. The number of hydrogen-bond acceptors (Lipinski definition) is 4. The lowest BCUT2D eigenvalue weighted by atomic mass is 10.2. The van der Waals surface area contributed by atoms with Crippen LogP contribution in [0.2, 0.25) is 5.02 Å². The number of hydrogen-bond donors (Lipinski definition) is 1. The molecule has 0 amide bonds. The van der Waals surface area contributed by atoms with Crippen LogP contribution in [0.1, 0.15) is 0 Å². The van der Waals surface area contributed by atoms with Gasteiger partial charge < -0.3 is 14.7 Å². The minimum absolute atomic E-state index is 0.0975. The van der Waals surface area contributed by atoms with Crippen LogP contribution in [0.3, 0.4) is 0 Å². The van der Waals surface area contributed by atoms with Crippen molar-refractivity contribution in [3.63, 3.8) is 0 Å². The molecule has 1 aliphatic rings. The molecule has 0 atom stereocenters. The number of anilines is 1. The predicted octanol–water partition coefficient (Wildman–Crippen LogP) is 1.47. The van der Waals surface area contributed by atoms with Crippen LogP contribution in [0.5, 0.6) is 0 Å². The average Bonchev–Trinajstić information content (AvgIpc) is 2.45. The number of nitrogens with zero attached hydrogens (tertiary/aromatic N) is 2. The van der Waals surface area contributed by atoms with Crippen LogP contribution in [0, 0.1) is 0 Å². The Bertz CT molecular complexity index is 381. The van der Waals surface area contributed by atoms with E-state index in [-0.39, 0.29) is 6.61 Å². The number of piperazine rings is 1. The van der Waals surface area contributed by atoms with Crippen LogP contribution < -0.4 is 4.90 Å². The summed E-state index contributed by atoms with van der Waals surface area (Å²) in [6.45, 7) is 6.16. The lowest BCUT2D eigenvalue weighted by molar-refractivity contribution is 0.0724. The Morgan fingerprint density at radius 2 is 1.84 bits per heavy atom. The zero-order valence-electron chi connectivity index (χ0n) is 11.1. The SMILES string of the molecule is OCCOCCN1CCN(c2ccccc2Cl)CC1. The van der Waals surface area contributed by atoms with Gasteiger partial charge in [0.2, 0.25) is 0 Å². The van der Waals surface area contributed by atoms with Crippen molar-refractivity contribution in [2.24, 2.45) is 0 Å². The number of benzene rings is 1. The second-order valence-corrected chi connectivity index (χ2v) is 5.02. The fourth-order valence-electron chi connectivity index (χ4n) is 2.28. The number of ether oxygens (including phenoxy) is 1. The lowest BCUT2D eigenvalue weighted by Gasteiger charge is -2.36. The standard InChI is InChI=1S/C14H21ClN2O2/c15-13-3-1-2-4-14(13)17-7-5-16(6-8-17)9-11-19-12-10-18/h1-4,18H,5-12H2. The third-order valence-corrected chi connectivity index (χ3v) is 3.67. The van der Waals surface area contributed by atoms with Crippen molar-refractivity contribution >= 4 is 17.3 Å². The molecule has 0 aliphatic carbocycles. The molecule has 0 saturated carbocycles. The molecule has 0 spiro atoms. The van der Waals surface area contributed by atoms with E-state index in [0.29, 0.717) is 13.2 Å². The second-order valence-electron chi connectivity index (χ2n) is 4.62. The average molecular weight is 285 g/mol. The molecule has 1 saturated heterocycles. The van der Waals surface area contributed by atoms with Gasteiger partial charge in [0, 0.05) is 32.7 Å². The molecule has 0 radical (unpaired) electrons. The third kappa shape index (κ3) is 4.35. The second kappa shape index (κ2) is 7.70. The number of aliphatic hydroxyl groups is 1. The van der Waals surface area contributed by atoms with Crippen LogP contribution in [0.4, 0.5) is 5.69 Å². The molecule has 2 rings (SSSR count). The summed E-state index contributed by atoms with van der Waals surface area (Å²) in [5.41, 5.74) is 1.13. The molecule has 1 N–H and O–H groups in total. The van der Waals surface area contributed by atoms with Gasteiger partial charge in [-0.2, -0.15) is 0 Å². The van der Waals surface area contributed by atoms with E-state index in [1.165, 1.54) is 0 Å². The maximum Gasteiger partial charge on any atom is 0.0698 e. The van der Waals surface area contributed by atoms with E-state index in [2.05, 4.69) is 15.9 Å². The Morgan fingerprint density at radius 3 is 2.53 bits per heavy atom. The zero-order chi connectivity index (χ0) is 13.5. The minimum Gasteiger partial charge on any atom is -0.394 e.